The Morgan fingerprint density at radius 3 is 2.94 bits per heavy atom. The third kappa shape index (κ3) is 2.86. The summed E-state index contributed by atoms with van der Waals surface area (Å²) in [5, 5.41) is 10.7. The molecule has 7 heteroatoms. The van der Waals surface area contributed by atoms with E-state index in [4.69, 9.17) is 14.2 Å². The van der Waals surface area contributed by atoms with Crippen molar-refractivity contribution >= 4 is 5.69 Å². The summed E-state index contributed by atoms with van der Waals surface area (Å²) < 4.78 is 15.8. The molecule has 0 aliphatic carbocycles. The normalized spacial score (nSPS) is 19.3. The van der Waals surface area contributed by atoms with Crippen molar-refractivity contribution < 1.29 is 19.1 Å². The fourth-order valence-corrected chi connectivity index (χ4v) is 1.71. The Morgan fingerprint density at radius 2 is 2.33 bits per heavy atom. The van der Waals surface area contributed by atoms with Crippen LogP contribution in [0.15, 0.2) is 12.1 Å². The lowest BCUT2D eigenvalue weighted by Gasteiger charge is -2.22. The smallest absolute Gasteiger partial charge is 0.331 e. The van der Waals surface area contributed by atoms with Crippen molar-refractivity contribution in [3.8, 4) is 11.8 Å². The lowest BCUT2D eigenvalue weighted by molar-refractivity contribution is -0.386. The predicted molar refractivity (Wildman–Crippen MR) is 61.7 cm³/mol. The van der Waals surface area contributed by atoms with Crippen LogP contribution in [0.25, 0.3) is 0 Å². The van der Waals surface area contributed by atoms with Gasteiger partial charge >= 0.3 is 5.69 Å². The summed E-state index contributed by atoms with van der Waals surface area (Å²) in [6.07, 6.45) is 2.52. The van der Waals surface area contributed by atoms with E-state index in [1.54, 1.807) is 0 Å². The van der Waals surface area contributed by atoms with Gasteiger partial charge in [0.15, 0.2) is 0 Å². The van der Waals surface area contributed by atoms with E-state index in [1.807, 2.05) is 0 Å². The Balaban J connectivity index is 2.11. The van der Waals surface area contributed by atoms with Crippen LogP contribution in [-0.4, -0.2) is 29.9 Å². The molecule has 1 unspecified atom stereocenters. The highest BCUT2D eigenvalue weighted by Gasteiger charge is 2.20. The summed E-state index contributed by atoms with van der Waals surface area (Å²) in [4.78, 5) is 14.1. The number of ether oxygens (including phenoxy) is 3. The summed E-state index contributed by atoms with van der Waals surface area (Å²) in [5.74, 6) is 0.206. The van der Waals surface area contributed by atoms with Gasteiger partial charge in [0.25, 0.3) is 5.88 Å². The second-order valence-electron chi connectivity index (χ2n) is 3.85. The van der Waals surface area contributed by atoms with Gasteiger partial charge in [0.2, 0.25) is 12.2 Å². The molecular formula is C11H14N2O5. The topological polar surface area (TPSA) is 83.7 Å². The van der Waals surface area contributed by atoms with E-state index in [-0.39, 0.29) is 23.7 Å². The summed E-state index contributed by atoms with van der Waals surface area (Å²) in [6, 6.07) is 2.75. The lowest BCUT2D eigenvalue weighted by atomic mass is 10.2. The van der Waals surface area contributed by atoms with Crippen LogP contribution in [0, 0.1) is 10.1 Å². The van der Waals surface area contributed by atoms with Crippen LogP contribution < -0.4 is 9.47 Å². The maximum Gasteiger partial charge on any atom is 0.331 e. The first-order valence-corrected chi connectivity index (χ1v) is 5.68. The van der Waals surface area contributed by atoms with E-state index in [1.165, 1.54) is 19.2 Å². The summed E-state index contributed by atoms with van der Waals surface area (Å²) in [6.45, 7) is 0.661. The largest absolute Gasteiger partial charge is 0.476 e. The molecule has 1 aromatic heterocycles. The molecular weight excluding hydrogens is 240 g/mol. The Kier molecular flexibility index (Phi) is 3.93. The SMILES string of the molecule is COc1nc(OC2CCCCO2)ccc1[N+](=O)[O-]. The molecule has 1 aromatic rings. The molecule has 2 rings (SSSR count). The first kappa shape index (κ1) is 12.6. The molecule has 0 N–H and O–H groups in total. The van der Waals surface area contributed by atoms with Gasteiger partial charge in [-0.15, -0.1) is 0 Å². The monoisotopic (exact) mass is 254 g/mol. The van der Waals surface area contributed by atoms with E-state index in [0.29, 0.717) is 6.61 Å². The first-order valence-electron chi connectivity index (χ1n) is 5.68. The summed E-state index contributed by atoms with van der Waals surface area (Å²) >= 11 is 0. The number of hydrogen-bond donors (Lipinski definition) is 0. The summed E-state index contributed by atoms with van der Waals surface area (Å²) in [7, 11) is 1.33. The Bertz CT molecular complexity index is 431. The Morgan fingerprint density at radius 1 is 1.50 bits per heavy atom. The van der Waals surface area contributed by atoms with Crippen molar-refractivity contribution in [3.63, 3.8) is 0 Å². The highest BCUT2D eigenvalue weighted by molar-refractivity contribution is 5.42. The van der Waals surface area contributed by atoms with Crippen LogP contribution in [0.1, 0.15) is 19.3 Å². The summed E-state index contributed by atoms with van der Waals surface area (Å²) in [5.41, 5.74) is -0.186. The zero-order valence-corrected chi connectivity index (χ0v) is 10.00. The fourth-order valence-electron chi connectivity index (χ4n) is 1.71. The lowest BCUT2D eigenvalue weighted by Crippen LogP contribution is -2.25. The van der Waals surface area contributed by atoms with Gasteiger partial charge in [0.1, 0.15) is 0 Å². The zero-order valence-electron chi connectivity index (χ0n) is 10.00. The highest BCUT2D eigenvalue weighted by Crippen LogP contribution is 2.28. The molecule has 18 heavy (non-hydrogen) atoms. The van der Waals surface area contributed by atoms with Crippen LogP contribution in [-0.2, 0) is 4.74 Å². The van der Waals surface area contributed by atoms with E-state index in [0.717, 1.165) is 19.3 Å². The zero-order chi connectivity index (χ0) is 13.0. The predicted octanol–water partition coefficient (Wildman–Crippen LogP) is 1.90. The minimum absolute atomic E-state index is 0.0618. The van der Waals surface area contributed by atoms with Crippen LogP contribution in [0.5, 0.6) is 11.8 Å². The van der Waals surface area contributed by atoms with E-state index >= 15 is 0 Å². The standard InChI is InChI=1S/C11H14N2O5/c1-16-11-8(13(14)15)5-6-9(12-11)18-10-4-2-3-7-17-10/h5-6,10H,2-4,7H2,1H3. The molecule has 1 aliphatic rings. The first-order chi connectivity index (χ1) is 8.70. The van der Waals surface area contributed by atoms with Crippen LogP contribution in [0.4, 0.5) is 5.69 Å². The molecule has 0 radical (unpaired) electrons. The molecule has 2 heterocycles. The van der Waals surface area contributed by atoms with Crippen molar-refractivity contribution in [1.82, 2.24) is 4.98 Å². The van der Waals surface area contributed by atoms with Gasteiger partial charge in [0.05, 0.1) is 18.6 Å². The Labute approximate surface area is 104 Å². The minimum atomic E-state index is -0.549. The number of nitrogens with zero attached hydrogens (tertiary/aromatic N) is 2. The van der Waals surface area contributed by atoms with E-state index in [2.05, 4.69) is 4.98 Å². The molecule has 1 saturated heterocycles. The van der Waals surface area contributed by atoms with Gasteiger partial charge in [-0.05, 0) is 12.8 Å². The average molecular weight is 254 g/mol. The van der Waals surface area contributed by atoms with Crippen molar-refractivity contribution in [1.29, 1.82) is 0 Å². The molecule has 0 spiro atoms. The number of nitro groups is 1. The molecule has 1 atom stereocenters. The van der Waals surface area contributed by atoms with E-state index in [9.17, 15) is 10.1 Å². The molecule has 98 valence electrons. The Hall–Kier alpha value is -1.89. The molecule has 0 bridgehead atoms. The number of rotatable bonds is 4. The average Bonchev–Trinajstić information content (AvgIpc) is 2.39. The molecule has 1 aliphatic heterocycles. The quantitative estimate of drug-likeness (QED) is 0.602. The minimum Gasteiger partial charge on any atom is -0.476 e. The maximum absolute atomic E-state index is 10.7. The van der Waals surface area contributed by atoms with Crippen LogP contribution >= 0.6 is 0 Å². The van der Waals surface area contributed by atoms with Gasteiger partial charge in [-0.1, -0.05) is 0 Å². The van der Waals surface area contributed by atoms with E-state index < -0.39 is 4.92 Å². The maximum atomic E-state index is 10.7. The number of hydrogen-bond acceptors (Lipinski definition) is 6. The molecule has 0 aromatic carbocycles. The molecule has 7 nitrogen and oxygen atoms in total. The third-order valence-corrected chi connectivity index (χ3v) is 2.59. The van der Waals surface area contributed by atoms with Crippen molar-refractivity contribution in [2.45, 2.75) is 25.6 Å². The number of aromatic nitrogens is 1. The van der Waals surface area contributed by atoms with Gasteiger partial charge in [-0.25, -0.2) is 0 Å². The van der Waals surface area contributed by atoms with Gasteiger partial charge in [-0.3, -0.25) is 10.1 Å². The molecule has 0 saturated carbocycles. The second-order valence-corrected chi connectivity index (χ2v) is 3.85. The number of pyridine rings is 1. The van der Waals surface area contributed by atoms with Gasteiger partial charge < -0.3 is 14.2 Å². The highest BCUT2D eigenvalue weighted by atomic mass is 16.7. The van der Waals surface area contributed by atoms with Gasteiger partial charge in [0, 0.05) is 18.6 Å². The molecule has 1 fully saturated rings. The van der Waals surface area contributed by atoms with Crippen molar-refractivity contribution in [3.05, 3.63) is 22.2 Å². The molecule has 0 amide bonds. The third-order valence-electron chi connectivity index (χ3n) is 2.59. The van der Waals surface area contributed by atoms with Crippen LogP contribution in [0.3, 0.4) is 0 Å². The second kappa shape index (κ2) is 5.63. The van der Waals surface area contributed by atoms with Gasteiger partial charge in [-0.2, -0.15) is 4.98 Å². The fraction of sp³-hybridized carbons (Fsp3) is 0.545. The van der Waals surface area contributed by atoms with Crippen LogP contribution in [0.2, 0.25) is 0 Å². The number of methoxy groups -OCH3 is 1. The van der Waals surface area contributed by atoms with Crippen molar-refractivity contribution in [2.24, 2.45) is 0 Å². The van der Waals surface area contributed by atoms with Crippen molar-refractivity contribution in [2.75, 3.05) is 13.7 Å².